The van der Waals surface area contributed by atoms with Crippen molar-refractivity contribution >= 4 is 18.0 Å². The van der Waals surface area contributed by atoms with Gasteiger partial charge in [0.1, 0.15) is 13.2 Å². The summed E-state index contributed by atoms with van der Waals surface area (Å²) in [6.07, 6.45) is 0.683. The number of nitrogens with one attached hydrogen (secondary N) is 2. The SMILES string of the molecule is C=C(C)C(=O)OCCNC(=O)NCCOC(=O)C(C)(C)CC. The van der Waals surface area contributed by atoms with Crippen LogP contribution in [0.5, 0.6) is 0 Å². The third-order valence-electron chi connectivity index (χ3n) is 3.03. The molecular weight excluding hydrogens is 288 g/mol. The molecule has 0 saturated heterocycles. The van der Waals surface area contributed by atoms with Crippen LogP contribution in [-0.4, -0.2) is 44.3 Å². The zero-order valence-electron chi connectivity index (χ0n) is 13.8. The molecule has 0 radical (unpaired) electrons. The smallest absolute Gasteiger partial charge is 0.333 e. The zero-order chi connectivity index (χ0) is 17.2. The highest BCUT2D eigenvalue weighted by molar-refractivity contribution is 5.86. The second-order valence-electron chi connectivity index (χ2n) is 5.47. The lowest BCUT2D eigenvalue weighted by atomic mass is 9.91. The molecule has 0 aromatic rings. The van der Waals surface area contributed by atoms with E-state index in [-0.39, 0.29) is 32.3 Å². The van der Waals surface area contributed by atoms with Crippen molar-refractivity contribution in [2.24, 2.45) is 5.41 Å². The van der Waals surface area contributed by atoms with E-state index in [1.165, 1.54) is 0 Å². The lowest BCUT2D eigenvalue weighted by molar-refractivity contribution is -0.153. The molecule has 0 aliphatic rings. The van der Waals surface area contributed by atoms with Crippen LogP contribution in [0.4, 0.5) is 4.79 Å². The van der Waals surface area contributed by atoms with Crippen LogP contribution < -0.4 is 10.6 Å². The molecule has 126 valence electrons. The Morgan fingerprint density at radius 1 is 1.05 bits per heavy atom. The average Bonchev–Trinajstić information content (AvgIpc) is 2.47. The van der Waals surface area contributed by atoms with E-state index in [1.807, 2.05) is 20.8 Å². The maximum absolute atomic E-state index is 11.7. The Bertz CT molecular complexity index is 418. The molecule has 0 bridgehead atoms. The monoisotopic (exact) mass is 314 g/mol. The zero-order valence-corrected chi connectivity index (χ0v) is 13.8. The van der Waals surface area contributed by atoms with E-state index in [0.29, 0.717) is 12.0 Å². The van der Waals surface area contributed by atoms with Crippen molar-refractivity contribution in [3.05, 3.63) is 12.2 Å². The van der Waals surface area contributed by atoms with Gasteiger partial charge in [-0.2, -0.15) is 0 Å². The summed E-state index contributed by atoms with van der Waals surface area (Å²) in [6.45, 7) is 11.1. The van der Waals surface area contributed by atoms with E-state index in [4.69, 9.17) is 9.47 Å². The summed E-state index contributed by atoms with van der Waals surface area (Å²) in [4.78, 5) is 34.1. The van der Waals surface area contributed by atoms with Crippen LogP contribution in [0.2, 0.25) is 0 Å². The van der Waals surface area contributed by atoms with Gasteiger partial charge in [-0.15, -0.1) is 0 Å². The maximum atomic E-state index is 11.7. The maximum Gasteiger partial charge on any atom is 0.333 e. The van der Waals surface area contributed by atoms with Crippen LogP contribution in [0.1, 0.15) is 34.1 Å². The van der Waals surface area contributed by atoms with E-state index in [2.05, 4.69) is 17.2 Å². The van der Waals surface area contributed by atoms with Gasteiger partial charge in [-0.05, 0) is 27.2 Å². The summed E-state index contributed by atoms with van der Waals surface area (Å²) < 4.78 is 9.88. The number of hydrogen-bond acceptors (Lipinski definition) is 5. The van der Waals surface area contributed by atoms with Crippen molar-refractivity contribution in [1.29, 1.82) is 0 Å². The van der Waals surface area contributed by atoms with Crippen molar-refractivity contribution in [3.63, 3.8) is 0 Å². The van der Waals surface area contributed by atoms with E-state index in [9.17, 15) is 14.4 Å². The van der Waals surface area contributed by atoms with Gasteiger partial charge in [0.15, 0.2) is 0 Å². The lowest BCUT2D eigenvalue weighted by Crippen LogP contribution is -2.39. The molecule has 0 aliphatic heterocycles. The molecule has 0 atom stereocenters. The largest absolute Gasteiger partial charge is 0.463 e. The summed E-state index contributed by atoms with van der Waals surface area (Å²) in [7, 11) is 0. The van der Waals surface area contributed by atoms with E-state index < -0.39 is 17.4 Å². The Morgan fingerprint density at radius 2 is 1.55 bits per heavy atom. The third-order valence-corrected chi connectivity index (χ3v) is 3.03. The summed E-state index contributed by atoms with van der Waals surface area (Å²) >= 11 is 0. The number of hydrogen-bond donors (Lipinski definition) is 2. The van der Waals surface area contributed by atoms with Crippen molar-refractivity contribution in [1.82, 2.24) is 10.6 Å². The molecule has 0 rings (SSSR count). The van der Waals surface area contributed by atoms with Gasteiger partial charge in [-0.25, -0.2) is 9.59 Å². The Kier molecular flexibility index (Phi) is 8.89. The number of carbonyl (C=O) groups excluding carboxylic acids is 3. The first-order valence-electron chi connectivity index (χ1n) is 7.22. The topological polar surface area (TPSA) is 93.7 Å². The molecular formula is C15H26N2O5. The summed E-state index contributed by atoms with van der Waals surface area (Å²) in [5.74, 6) is -0.781. The van der Waals surface area contributed by atoms with Gasteiger partial charge in [0.25, 0.3) is 0 Å². The first-order valence-corrected chi connectivity index (χ1v) is 7.22. The number of rotatable bonds is 9. The fourth-order valence-electron chi connectivity index (χ4n) is 1.14. The molecule has 7 nitrogen and oxygen atoms in total. The van der Waals surface area contributed by atoms with Crippen LogP contribution in [0.15, 0.2) is 12.2 Å². The Morgan fingerprint density at radius 3 is 2.00 bits per heavy atom. The first kappa shape index (κ1) is 19.9. The number of urea groups is 1. The van der Waals surface area contributed by atoms with Crippen molar-refractivity contribution < 1.29 is 23.9 Å². The van der Waals surface area contributed by atoms with Crippen LogP contribution in [0.25, 0.3) is 0 Å². The predicted octanol–water partition coefficient (Wildman–Crippen LogP) is 1.38. The fraction of sp³-hybridized carbons (Fsp3) is 0.667. The van der Waals surface area contributed by atoms with Gasteiger partial charge in [0.05, 0.1) is 18.5 Å². The number of carbonyl (C=O) groups is 3. The van der Waals surface area contributed by atoms with E-state index in [1.54, 1.807) is 6.92 Å². The molecule has 0 aromatic heterocycles. The molecule has 0 aliphatic carbocycles. The second kappa shape index (κ2) is 9.81. The minimum atomic E-state index is -0.518. The van der Waals surface area contributed by atoms with E-state index >= 15 is 0 Å². The molecule has 0 spiro atoms. The molecule has 0 saturated carbocycles. The predicted molar refractivity (Wildman–Crippen MR) is 82.2 cm³/mol. The molecule has 2 N–H and O–H groups in total. The molecule has 0 fully saturated rings. The second-order valence-corrected chi connectivity index (χ2v) is 5.47. The highest BCUT2D eigenvalue weighted by atomic mass is 16.5. The van der Waals surface area contributed by atoms with Crippen LogP contribution in [0, 0.1) is 5.41 Å². The molecule has 2 amide bonds. The van der Waals surface area contributed by atoms with E-state index in [0.717, 1.165) is 0 Å². The summed E-state index contributed by atoms with van der Waals surface area (Å²) in [5, 5.41) is 5.04. The average molecular weight is 314 g/mol. The fourth-order valence-corrected chi connectivity index (χ4v) is 1.14. The highest BCUT2D eigenvalue weighted by Gasteiger charge is 2.26. The van der Waals surface area contributed by atoms with Gasteiger partial charge in [0.2, 0.25) is 0 Å². The Balaban J connectivity index is 3.69. The normalized spacial score (nSPS) is 10.5. The molecule has 0 aromatic carbocycles. The highest BCUT2D eigenvalue weighted by Crippen LogP contribution is 2.21. The van der Waals surface area contributed by atoms with Crippen molar-refractivity contribution in [2.75, 3.05) is 26.3 Å². The summed E-state index contributed by atoms with van der Waals surface area (Å²) in [6, 6.07) is -0.419. The number of ether oxygens (including phenoxy) is 2. The van der Waals surface area contributed by atoms with Crippen molar-refractivity contribution in [3.8, 4) is 0 Å². The molecule has 7 heteroatoms. The van der Waals surface area contributed by atoms with Gasteiger partial charge < -0.3 is 20.1 Å². The molecule has 0 unspecified atom stereocenters. The minimum Gasteiger partial charge on any atom is -0.463 e. The quantitative estimate of drug-likeness (QED) is 0.381. The van der Waals surface area contributed by atoms with Gasteiger partial charge in [-0.3, -0.25) is 4.79 Å². The van der Waals surface area contributed by atoms with Gasteiger partial charge in [-0.1, -0.05) is 13.5 Å². The lowest BCUT2D eigenvalue weighted by Gasteiger charge is -2.20. The summed E-state index contributed by atoms with van der Waals surface area (Å²) in [5.41, 5.74) is -0.212. The van der Waals surface area contributed by atoms with Gasteiger partial charge >= 0.3 is 18.0 Å². The first-order chi connectivity index (χ1) is 10.2. The molecule has 0 heterocycles. The van der Waals surface area contributed by atoms with Crippen LogP contribution in [0.3, 0.4) is 0 Å². The standard InChI is InChI=1S/C15H26N2O5/c1-6-15(4,5)13(19)22-10-8-17-14(20)16-7-9-21-12(18)11(2)3/h2,6-10H2,1,3-5H3,(H2,16,17,20). The Labute approximate surface area is 131 Å². The van der Waals surface area contributed by atoms with Crippen LogP contribution in [-0.2, 0) is 19.1 Å². The number of esters is 2. The number of amides is 2. The minimum absolute atomic E-state index is 0.0682. The van der Waals surface area contributed by atoms with Gasteiger partial charge in [0, 0.05) is 5.57 Å². The molecule has 22 heavy (non-hydrogen) atoms. The van der Waals surface area contributed by atoms with Crippen LogP contribution >= 0.6 is 0 Å². The van der Waals surface area contributed by atoms with Crippen molar-refractivity contribution in [2.45, 2.75) is 34.1 Å². The third kappa shape index (κ3) is 8.28. The Hall–Kier alpha value is -2.05.